The number of aliphatic hydroxyl groups is 1. The number of nitrogens with zero attached hydrogens (tertiary/aromatic N) is 3. The van der Waals surface area contributed by atoms with Gasteiger partial charge in [-0.1, -0.05) is 17.7 Å². The third kappa shape index (κ3) is 3.82. The highest BCUT2D eigenvalue weighted by atomic mass is 35.5. The van der Waals surface area contributed by atoms with Crippen LogP contribution in [0.3, 0.4) is 0 Å². The van der Waals surface area contributed by atoms with Crippen molar-refractivity contribution in [2.75, 3.05) is 20.1 Å². The van der Waals surface area contributed by atoms with Gasteiger partial charge in [-0.2, -0.15) is 0 Å². The molecule has 3 heterocycles. The van der Waals surface area contributed by atoms with Gasteiger partial charge in [-0.15, -0.1) is 0 Å². The van der Waals surface area contributed by atoms with Crippen LogP contribution < -0.4 is 0 Å². The summed E-state index contributed by atoms with van der Waals surface area (Å²) in [5.74, 6) is -0.536. The first-order chi connectivity index (χ1) is 17.0. The van der Waals surface area contributed by atoms with E-state index in [-0.39, 0.29) is 29.1 Å². The smallest absolute Gasteiger partial charge is 0.328 e. The SMILES string of the molecule is CC(C)N(C)CCCN1C(=O)N2[C@H](C3=CCCC(O)=C3)c3[nH]c4cc(F)c(Cl)cc4c3C[C@@]2(C)C1=O. The molecule has 2 aliphatic heterocycles. The van der Waals surface area contributed by atoms with Gasteiger partial charge in [-0.25, -0.2) is 9.18 Å². The molecule has 0 spiro atoms. The van der Waals surface area contributed by atoms with Crippen molar-refractivity contribution < 1.29 is 19.1 Å². The number of H-pyrrole nitrogens is 1. The van der Waals surface area contributed by atoms with Crippen molar-refractivity contribution in [1.29, 1.82) is 0 Å². The second-order valence-corrected chi connectivity index (χ2v) is 11.0. The van der Waals surface area contributed by atoms with E-state index >= 15 is 0 Å². The normalized spacial score (nSPS) is 24.1. The summed E-state index contributed by atoms with van der Waals surface area (Å²) in [5, 5.41) is 11.1. The number of carbonyl (C=O) groups is 2. The average Bonchev–Trinajstić information content (AvgIpc) is 3.24. The van der Waals surface area contributed by atoms with Gasteiger partial charge in [0.1, 0.15) is 17.4 Å². The van der Waals surface area contributed by atoms with E-state index < -0.39 is 17.4 Å². The van der Waals surface area contributed by atoms with Gasteiger partial charge >= 0.3 is 6.03 Å². The molecule has 1 aliphatic carbocycles. The Balaban J connectivity index is 1.59. The summed E-state index contributed by atoms with van der Waals surface area (Å²) in [5.41, 5.74) is 1.76. The number of rotatable bonds is 6. The average molecular weight is 515 g/mol. The molecule has 0 bridgehead atoms. The third-order valence-electron chi connectivity index (χ3n) is 7.91. The van der Waals surface area contributed by atoms with Crippen LogP contribution in [0.4, 0.5) is 9.18 Å². The Morgan fingerprint density at radius 1 is 1.33 bits per heavy atom. The fourth-order valence-corrected chi connectivity index (χ4v) is 5.85. The fourth-order valence-electron chi connectivity index (χ4n) is 5.69. The second-order valence-electron chi connectivity index (χ2n) is 10.6. The molecule has 2 atom stereocenters. The lowest BCUT2D eigenvalue weighted by atomic mass is 9.80. The molecule has 1 aromatic carbocycles. The van der Waals surface area contributed by atoms with Crippen LogP contribution in [0.5, 0.6) is 0 Å². The van der Waals surface area contributed by atoms with Crippen LogP contribution in [-0.4, -0.2) is 68.4 Å². The summed E-state index contributed by atoms with van der Waals surface area (Å²) < 4.78 is 14.3. The molecule has 1 fully saturated rings. The molecule has 7 nitrogen and oxygen atoms in total. The molecule has 0 saturated carbocycles. The van der Waals surface area contributed by atoms with Crippen LogP contribution in [0, 0.1) is 5.82 Å². The highest BCUT2D eigenvalue weighted by Gasteiger charge is 2.60. The number of hydrogen-bond acceptors (Lipinski definition) is 4. The summed E-state index contributed by atoms with van der Waals surface area (Å²) in [4.78, 5) is 36.2. The van der Waals surface area contributed by atoms with Crippen molar-refractivity contribution in [3.8, 4) is 0 Å². The number of allylic oxidation sites excluding steroid dienone is 2. The first-order valence-electron chi connectivity index (χ1n) is 12.5. The standard InChI is InChI=1S/C27H32ClFN4O3/c1-15(2)31(4)9-6-10-32-25(35)27(3)14-19-18-12-20(28)21(29)13-22(18)30-23(19)24(33(27)26(32)36)16-7-5-8-17(34)11-16/h7,11-13,15,24,30,34H,5-6,8-10,14H2,1-4H3/t24-,27+/m1/s1. The Labute approximate surface area is 215 Å². The lowest BCUT2D eigenvalue weighted by Gasteiger charge is -2.43. The van der Waals surface area contributed by atoms with Gasteiger partial charge in [0, 0.05) is 42.0 Å². The van der Waals surface area contributed by atoms with E-state index in [0.717, 1.165) is 28.8 Å². The van der Waals surface area contributed by atoms with E-state index in [1.807, 2.05) is 13.1 Å². The predicted octanol–water partition coefficient (Wildman–Crippen LogP) is 5.47. The van der Waals surface area contributed by atoms with E-state index in [1.54, 1.807) is 24.0 Å². The zero-order valence-corrected chi connectivity index (χ0v) is 21.8. The molecule has 0 unspecified atom stereocenters. The molecule has 36 heavy (non-hydrogen) atoms. The van der Waals surface area contributed by atoms with Crippen LogP contribution in [0.25, 0.3) is 10.9 Å². The molecule has 1 saturated heterocycles. The number of carbonyl (C=O) groups excluding carboxylic acids is 2. The van der Waals surface area contributed by atoms with Crippen molar-refractivity contribution >= 4 is 34.4 Å². The number of fused-ring (bicyclic) bond motifs is 4. The number of halogens is 2. The number of hydrogen-bond donors (Lipinski definition) is 2. The molecule has 2 N–H and O–H groups in total. The van der Waals surface area contributed by atoms with Crippen molar-refractivity contribution in [1.82, 2.24) is 19.7 Å². The first-order valence-corrected chi connectivity index (χ1v) is 12.8. The van der Waals surface area contributed by atoms with E-state index in [2.05, 4.69) is 23.7 Å². The quantitative estimate of drug-likeness (QED) is 0.501. The van der Waals surface area contributed by atoms with Crippen molar-refractivity contribution in [3.05, 3.63) is 57.7 Å². The molecule has 3 amide bonds. The molecule has 192 valence electrons. The lowest BCUT2D eigenvalue weighted by Crippen LogP contribution is -2.53. The number of amides is 3. The molecule has 3 aliphatic rings. The van der Waals surface area contributed by atoms with Gasteiger partial charge in [0.2, 0.25) is 0 Å². The van der Waals surface area contributed by atoms with Crippen molar-refractivity contribution in [3.63, 3.8) is 0 Å². The summed E-state index contributed by atoms with van der Waals surface area (Å²) in [6.07, 6.45) is 5.79. The molecular formula is C27H32ClFN4O3. The number of aromatic nitrogens is 1. The zero-order chi connectivity index (χ0) is 25.9. The number of aromatic amines is 1. The highest BCUT2D eigenvalue weighted by molar-refractivity contribution is 6.31. The van der Waals surface area contributed by atoms with E-state index in [0.29, 0.717) is 37.4 Å². The van der Waals surface area contributed by atoms with Crippen LogP contribution in [0.2, 0.25) is 5.02 Å². The van der Waals surface area contributed by atoms with Crippen molar-refractivity contribution in [2.45, 2.75) is 64.1 Å². The second kappa shape index (κ2) is 8.92. The zero-order valence-electron chi connectivity index (χ0n) is 21.1. The van der Waals surface area contributed by atoms with Crippen molar-refractivity contribution in [2.24, 2.45) is 0 Å². The number of aliphatic hydroxyl groups excluding tert-OH is 1. The maximum Gasteiger partial charge on any atom is 0.328 e. The molecule has 1 aromatic heterocycles. The van der Waals surface area contributed by atoms with Crippen LogP contribution in [0.1, 0.15) is 57.3 Å². The van der Waals surface area contributed by atoms with Crippen LogP contribution >= 0.6 is 11.6 Å². The maximum absolute atomic E-state index is 14.3. The Bertz CT molecular complexity index is 1320. The number of nitrogens with one attached hydrogen (secondary N) is 1. The lowest BCUT2D eigenvalue weighted by molar-refractivity contribution is -0.133. The minimum atomic E-state index is -1.11. The van der Waals surface area contributed by atoms with Gasteiger partial charge in [0.05, 0.1) is 10.8 Å². The van der Waals surface area contributed by atoms with Gasteiger partial charge in [0.25, 0.3) is 5.91 Å². The monoisotopic (exact) mass is 514 g/mol. The summed E-state index contributed by atoms with van der Waals surface area (Å²) in [6.45, 7) is 7.12. The summed E-state index contributed by atoms with van der Waals surface area (Å²) in [6, 6.07) is 2.35. The molecule has 2 aromatic rings. The Hall–Kier alpha value is -2.84. The largest absolute Gasteiger partial charge is 0.512 e. The minimum Gasteiger partial charge on any atom is -0.512 e. The summed E-state index contributed by atoms with van der Waals surface area (Å²) >= 11 is 6.13. The summed E-state index contributed by atoms with van der Waals surface area (Å²) in [7, 11) is 2.03. The maximum atomic E-state index is 14.3. The number of urea groups is 1. The van der Waals surface area contributed by atoms with Crippen LogP contribution in [-0.2, 0) is 11.2 Å². The van der Waals surface area contributed by atoms with Gasteiger partial charge < -0.3 is 15.0 Å². The minimum absolute atomic E-state index is 0.00702. The predicted molar refractivity (Wildman–Crippen MR) is 137 cm³/mol. The number of benzene rings is 1. The van der Waals surface area contributed by atoms with E-state index in [1.165, 1.54) is 11.0 Å². The Morgan fingerprint density at radius 2 is 2.08 bits per heavy atom. The third-order valence-corrected chi connectivity index (χ3v) is 8.20. The molecule has 0 radical (unpaired) electrons. The highest BCUT2D eigenvalue weighted by Crippen LogP contribution is 2.50. The van der Waals surface area contributed by atoms with Gasteiger partial charge in [-0.05, 0) is 76.6 Å². The van der Waals surface area contributed by atoms with Gasteiger partial charge in [0.15, 0.2) is 0 Å². The van der Waals surface area contributed by atoms with Crippen LogP contribution in [0.15, 0.2) is 35.6 Å². The Kier molecular flexibility index (Phi) is 6.16. The van der Waals surface area contributed by atoms with Gasteiger partial charge in [-0.3, -0.25) is 14.6 Å². The fraction of sp³-hybridized carbons (Fsp3) is 0.481. The molecular weight excluding hydrogens is 483 g/mol. The topological polar surface area (TPSA) is 79.9 Å². The number of imide groups is 1. The Morgan fingerprint density at radius 3 is 2.78 bits per heavy atom. The van der Waals surface area contributed by atoms with E-state index in [9.17, 15) is 19.1 Å². The van der Waals surface area contributed by atoms with E-state index in [4.69, 9.17) is 11.6 Å². The first kappa shape index (κ1) is 24.8. The molecule has 9 heteroatoms. The molecule has 5 rings (SSSR count).